The molecule has 32 heavy (non-hydrogen) atoms. The number of halogens is 3. The van der Waals surface area contributed by atoms with Crippen LogP contribution in [0.1, 0.15) is 13.8 Å². The lowest BCUT2D eigenvalue weighted by Gasteiger charge is -2.18. The van der Waals surface area contributed by atoms with Gasteiger partial charge < -0.3 is 14.0 Å². The molecule has 0 aliphatic rings. The van der Waals surface area contributed by atoms with Crippen molar-refractivity contribution in [1.82, 2.24) is 28.4 Å². The van der Waals surface area contributed by atoms with Crippen LogP contribution in [0.2, 0.25) is 0 Å². The SMILES string of the molecule is CCN(CC)CCn1c2ccccc2n2cc(-c3nc4ccccc4n3C)nc12.Cl.Cl.Cl. The van der Waals surface area contributed by atoms with E-state index in [1.807, 2.05) is 18.2 Å². The van der Waals surface area contributed by atoms with E-state index < -0.39 is 0 Å². The predicted molar refractivity (Wildman–Crippen MR) is 140 cm³/mol. The molecule has 0 N–H and O–H groups in total. The molecule has 5 rings (SSSR count). The summed E-state index contributed by atoms with van der Waals surface area (Å²) in [7, 11) is 2.06. The Morgan fingerprint density at radius 3 is 2.09 bits per heavy atom. The number of imidazole rings is 3. The van der Waals surface area contributed by atoms with Gasteiger partial charge in [-0.05, 0) is 37.4 Å². The van der Waals surface area contributed by atoms with Gasteiger partial charge in [-0.25, -0.2) is 9.97 Å². The van der Waals surface area contributed by atoms with Gasteiger partial charge >= 0.3 is 0 Å². The first-order valence-corrected chi connectivity index (χ1v) is 10.3. The fraction of sp³-hybridized carbons (Fsp3) is 0.304. The summed E-state index contributed by atoms with van der Waals surface area (Å²) in [6.45, 7) is 8.48. The van der Waals surface area contributed by atoms with Crippen molar-refractivity contribution in [2.24, 2.45) is 7.05 Å². The number of hydrogen-bond acceptors (Lipinski definition) is 3. The summed E-state index contributed by atoms with van der Waals surface area (Å²) in [5.74, 6) is 1.87. The van der Waals surface area contributed by atoms with Crippen molar-refractivity contribution < 1.29 is 0 Å². The van der Waals surface area contributed by atoms with E-state index in [4.69, 9.17) is 9.97 Å². The van der Waals surface area contributed by atoms with Gasteiger partial charge in [0.1, 0.15) is 5.69 Å². The first-order valence-electron chi connectivity index (χ1n) is 10.3. The Labute approximate surface area is 206 Å². The van der Waals surface area contributed by atoms with Crippen LogP contribution in [0.15, 0.2) is 54.7 Å². The Balaban J connectivity index is 0.00000121. The van der Waals surface area contributed by atoms with Gasteiger partial charge in [-0.3, -0.25) is 4.40 Å². The highest BCUT2D eigenvalue weighted by molar-refractivity contribution is 5.86. The standard InChI is InChI=1S/C23H26N6.3ClH/c1-4-27(5-2)14-15-28-20-12-8-9-13-21(20)29-16-18(25-23(28)29)22-24-17-10-6-7-11-19(17)26(22)3;;;/h6-13,16H,4-5,14-15H2,1-3H3;3*1H. The maximum Gasteiger partial charge on any atom is 0.215 e. The molecule has 3 heterocycles. The highest BCUT2D eigenvalue weighted by Crippen LogP contribution is 2.27. The molecule has 0 atom stereocenters. The number of rotatable bonds is 6. The zero-order valence-electron chi connectivity index (χ0n) is 18.4. The van der Waals surface area contributed by atoms with Gasteiger partial charge in [0.2, 0.25) is 5.78 Å². The van der Waals surface area contributed by atoms with E-state index in [-0.39, 0.29) is 37.2 Å². The topological polar surface area (TPSA) is 43.3 Å². The van der Waals surface area contributed by atoms with Gasteiger partial charge in [0.25, 0.3) is 0 Å². The van der Waals surface area contributed by atoms with Crippen LogP contribution in [0.3, 0.4) is 0 Å². The van der Waals surface area contributed by atoms with Gasteiger partial charge in [-0.1, -0.05) is 38.1 Å². The summed E-state index contributed by atoms with van der Waals surface area (Å²) >= 11 is 0. The number of likely N-dealkylation sites (N-methyl/N-ethyl adjacent to an activating group) is 1. The minimum Gasteiger partial charge on any atom is -0.326 e. The number of hydrogen-bond donors (Lipinski definition) is 0. The molecule has 172 valence electrons. The molecule has 0 fully saturated rings. The molecule has 6 nitrogen and oxygen atoms in total. The van der Waals surface area contributed by atoms with Crippen molar-refractivity contribution in [3.05, 3.63) is 54.7 Å². The quantitative estimate of drug-likeness (QED) is 0.315. The summed E-state index contributed by atoms with van der Waals surface area (Å²) in [4.78, 5) is 12.3. The Hall–Kier alpha value is -2.25. The normalized spacial score (nSPS) is 11.0. The third-order valence-corrected chi connectivity index (χ3v) is 5.91. The number of para-hydroxylation sites is 4. The van der Waals surface area contributed by atoms with E-state index in [1.165, 1.54) is 11.0 Å². The van der Waals surface area contributed by atoms with Crippen molar-refractivity contribution >= 4 is 65.1 Å². The fourth-order valence-electron chi connectivity index (χ4n) is 4.23. The third kappa shape index (κ3) is 4.20. The van der Waals surface area contributed by atoms with Crippen molar-refractivity contribution in [1.29, 1.82) is 0 Å². The number of nitrogens with zero attached hydrogens (tertiary/aromatic N) is 6. The molecular formula is C23H29Cl3N6. The predicted octanol–water partition coefficient (Wildman–Crippen LogP) is 5.45. The van der Waals surface area contributed by atoms with E-state index in [1.54, 1.807) is 0 Å². The van der Waals surface area contributed by atoms with E-state index in [9.17, 15) is 0 Å². The molecule has 3 aromatic heterocycles. The summed E-state index contributed by atoms with van der Waals surface area (Å²) < 4.78 is 6.66. The van der Waals surface area contributed by atoms with Crippen LogP contribution >= 0.6 is 37.2 Å². The molecule has 5 aromatic rings. The Kier molecular flexibility index (Phi) is 8.60. The molecule has 0 aliphatic carbocycles. The zero-order chi connectivity index (χ0) is 20.0. The summed E-state index contributed by atoms with van der Waals surface area (Å²) in [5.41, 5.74) is 5.42. The second-order valence-corrected chi connectivity index (χ2v) is 7.45. The number of fused-ring (bicyclic) bond motifs is 4. The van der Waals surface area contributed by atoms with Gasteiger partial charge in [-0.15, -0.1) is 37.2 Å². The smallest absolute Gasteiger partial charge is 0.215 e. The second-order valence-electron chi connectivity index (χ2n) is 7.45. The maximum absolute atomic E-state index is 5.03. The van der Waals surface area contributed by atoms with Crippen molar-refractivity contribution in [3.63, 3.8) is 0 Å². The van der Waals surface area contributed by atoms with Crippen LogP contribution in [0.4, 0.5) is 0 Å². The van der Waals surface area contributed by atoms with Crippen LogP contribution in [0.25, 0.3) is 39.4 Å². The lowest BCUT2D eigenvalue weighted by atomic mass is 10.3. The van der Waals surface area contributed by atoms with E-state index in [2.05, 4.69) is 75.9 Å². The minimum atomic E-state index is 0. The van der Waals surface area contributed by atoms with E-state index in [0.717, 1.165) is 54.5 Å². The van der Waals surface area contributed by atoms with Gasteiger partial charge in [-0.2, -0.15) is 0 Å². The highest BCUT2D eigenvalue weighted by Gasteiger charge is 2.18. The average Bonchev–Trinajstić information content (AvgIpc) is 3.40. The van der Waals surface area contributed by atoms with Crippen LogP contribution in [-0.4, -0.2) is 48.0 Å². The Bertz CT molecular complexity index is 1320. The highest BCUT2D eigenvalue weighted by atomic mass is 35.5. The minimum absolute atomic E-state index is 0. The monoisotopic (exact) mass is 494 g/mol. The van der Waals surface area contributed by atoms with Crippen molar-refractivity contribution in [2.45, 2.75) is 20.4 Å². The fourth-order valence-corrected chi connectivity index (χ4v) is 4.23. The van der Waals surface area contributed by atoms with Crippen molar-refractivity contribution in [2.75, 3.05) is 19.6 Å². The average molecular weight is 496 g/mol. The molecular weight excluding hydrogens is 467 g/mol. The maximum atomic E-state index is 5.03. The molecule has 0 saturated heterocycles. The first-order chi connectivity index (χ1) is 14.2. The third-order valence-electron chi connectivity index (χ3n) is 5.91. The van der Waals surface area contributed by atoms with Gasteiger partial charge in [0, 0.05) is 26.3 Å². The summed E-state index contributed by atoms with van der Waals surface area (Å²) in [6.07, 6.45) is 2.12. The molecule has 9 heteroatoms. The van der Waals surface area contributed by atoms with Crippen molar-refractivity contribution in [3.8, 4) is 11.5 Å². The number of benzene rings is 2. The van der Waals surface area contributed by atoms with E-state index >= 15 is 0 Å². The lowest BCUT2D eigenvalue weighted by Crippen LogP contribution is -2.27. The van der Waals surface area contributed by atoms with Crippen LogP contribution in [0, 0.1) is 0 Å². The van der Waals surface area contributed by atoms with E-state index in [0.29, 0.717) is 0 Å². The summed E-state index contributed by atoms with van der Waals surface area (Å²) in [6, 6.07) is 16.8. The van der Waals surface area contributed by atoms with Gasteiger partial charge in [0.15, 0.2) is 5.82 Å². The zero-order valence-corrected chi connectivity index (χ0v) is 20.9. The number of aryl methyl sites for hydroxylation is 1. The van der Waals surface area contributed by atoms with Gasteiger partial charge in [0.05, 0.1) is 22.1 Å². The summed E-state index contributed by atoms with van der Waals surface area (Å²) in [5, 5.41) is 0. The number of aromatic nitrogens is 5. The first kappa shape index (κ1) is 26.0. The molecule has 0 saturated carbocycles. The largest absolute Gasteiger partial charge is 0.326 e. The van der Waals surface area contributed by atoms with Crippen LogP contribution in [-0.2, 0) is 13.6 Å². The molecule has 0 bridgehead atoms. The molecule has 0 unspecified atom stereocenters. The molecule has 2 aromatic carbocycles. The molecule has 0 amide bonds. The second kappa shape index (κ2) is 10.6. The molecule has 0 spiro atoms. The molecule has 0 radical (unpaired) electrons. The molecule has 0 aliphatic heterocycles. The van der Waals surface area contributed by atoms with Crippen LogP contribution < -0.4 is 0 Å². The Morgan fingerprint density at radius 1 is 0.812 bits per heavy atom. The Morgan fingerprint density at radius 2 is 1.44 bits per heavy atom. The van der Waals surface area contributed by atoms with Crippen LogP contribution in [0.5, 0.6) is 0 Å². The lowest BCUT2D eigenvalue weighted by molar-refractivity contribution is 0.293.